The maximum atomic E-state index is 10.7. The molecule has 2 aliphatic rings. The third kappa shape index (κ3) is 2.47. The van der Waals surface area contributed by atoms with Gasteiger partial charge in [-0.15, -0.1) is 0 Å². The highest BCUT2D eigenvalue weighted by atomic mass is 16.7. The number of nitriles is 2. The molecule has 0 spiro atoms. The Morgan fingerprint density at radius 2 is 1.32 bits per heavy atom. The van der Waals surface area contributed by atoms with Gasteiger partial charge in [-0.3, -0.25) is 0 Å². The van der Waals surface area contributed by atoms with Gasteiger partial charge in [0.1, 0.15) is 11.3 Å². The zero-order valence-corrected chi connectivity index (χ0v) is 17.8. The van der Waals surface area contributed by atoms with Crippen molar-refractivity contribution in [3.8, 4) is 12.1 Å². The van der Waals surface area contributed by atoms with Crippen LogP contribution in [0.5, 0.6) is 0 Å². The van der Waals surface area contributed by atoms with Crippen molar-refractivity contribution in [2.24, 2.45) is 27.0 Å². The van der Waals surface area contributed by atoms with Gasteiger partial charge in [-0.05, 0) is 37.8 Å². The van der Waals surface area contributed by atoms with Crippen LogP contribution in [0.1, 0.15) is 25.0 Å². The van der Waals surface area contributed by atoms with Crippen molar-refractivity contribution in [1.29, 1.82) is 10.5 Å². The van der Waals surface area contributed by atoms with Gasteiger partial charge in [0.2, 0.25) is 0 Å². The molecule has 0 radical (unpaired) electrons. The predicted molar refractivity (Wildman–Crippen MR) is 116 cm³/mol. The normalized spacial score (nSPS) is 26.9. The Balaban J connectivity index is 1.97. The number of hydrogen-bond donors (Lipinski definition) is 1. The second-order valence-corrected chi connectivity index (χ2v) is 8.08. The molecule has 0 unspecified atom stereocenters. The average molecular weight is 415 g/mol. The van der Waals surface area contributed by atoms with Gasteiger partial charge in [0.25, 0.3) is 5.91 Å². The van der Waals surface area contributed by atoms with Gasteiger partial charge in [-0.1, -0.05) is 60.7 Å². The van der Waals surface area contributed by atoms with Gasteiger partial charge in [0.15, 0.2) is 5.41 Å². The van der Waals surface area contributed by atoms with Crippen molar-refractivity contribution in [2.75, 3.05) is 13.2 Å². The van der Waals surface area contributed by atoms with E-state index in [1.165, 1.54) is 0 Å². The molecule has 4 rings (SSSR count). The highest BCUT2D eigenvalue weighted by molar-refractivity contribution is 6.00. The first kappa shape index (κ1) is 21.1. The summed E-state index contributed by atoms with van der Waals surface area (Å²) >= 11 is 0. The number of aliphatic imine (C=N–C) groups is 1. The number of ether oxygens (including phenoxy) is 2. The summed E-state index contributed by atoms with van der Waals surface area (Å²) in [6.45, 7) is 4.19. The Labute approximate surface area is 182 Å². The molecule has 6 nitrogen and oxygen atoms in total. The number of nitrogens with two attached hydrogens (primary N) is 1. The van der Waals surface area contributed by atoms with Crippen LogP contribution in [0, 0.1) is 38.9 Å². The molecule has 2 aromatic carbocycles. The summed E-state index contributed by atoms with van der Waals surface area (Å²) in [5.74, 6) is -1.50. The predicted octanol–water partition coefficient (Wildman–Crippen LogP) is 3.59. The first-order valence-electron chi connectivity index (χ1n) is 10.6. The minimum atomic E-state index is -1.62. The van der Waals surface area contributed by atoms with Crippen LogP contribution in [0.4, 0.5) is 0 Å². The van der Waals surface area contributed by atoms with Gasteiger partial charge in [-0.25, -0.2) is 4.99 Å². The molecule has 1 saturated carbocycles. The summed E-state index contributed by atoms with van der Waals surface area (Å²) in [6.07, 6.45) is 0.948. The quantitative estimate of drug-likeness (QED) is 0.665. The fourth-order valence-electron chi connectivity index (χ4n) is 5.70. The first-order chi connectivity index (χ1) is 15.0. The fraction of sp³-hybridized carbons (Fsp3) is 0.400. The molecule has 0 aromatic heterocycles. The van der Waals surface area contributed by atoms with E-state index in [0.29, 0.717) is 12.8 Å². The van der Waals surface area contributed by atoms with E-state index in [1.807, 2.05) is 74.5 Å². The number of amidine groups is 1. The third-order valence-corrected chi connectivity index (χ3v) is 6.77. The third-order valence-electron chi connectivity index (χ3n) is 6.77. The van der Waals surface area contributed by atoms with Crippen molar-refractivity contribution < 1.29 is 9.47 Å². The first-order valence-corrected chi connectivity index (χ1v) is 10.6. The lowest BCUT2D eigenvalue weighted by molar-refractivity contribution is -0.261. The van der Waals surface area contributed by atoms with Crippen LogP contribution in [0.3, 0.4) is 0 Å². The molecule has 1 fully saturated rings. The lowest BCUT2D eigenvalue weighted by Gasteiger charge is -2.35. The molecule has 0 saturated heterocycles. The number of benzene rings is 2. The maximum absolute atomic E-state index is 10.7. The van der Waals surface area contributed by atoms with E-state index in [4.69, 9.17) is 15.2 Å². The molecule has 0 amide bonds. The molecule has 158 valence electrons. The summed E-state index contributed by atoms with van der Waals surface area (Å²) in [5, 5.41) is 21.2. The van der Waals surface area contributed by atoms with E-state index in [1.54, 1.807) is 0 Å². The Morgan fingerprint density at radius 3 is 1.71 bits per heavy atom. The highest BCUT2D eigenvalue weighted by Crippen LogP contribution is 2.87. The van der Waals surface area contributed by atoms with Gasteiger partial charge in [-0.2, -0.15) is 10.5 Å². The second kappa shape index (κ2) is 7.50. The highest BCUT2D eigenvalue weighted by Gasteiger charge is 3.00. The van der Waals surface area contributed by atoms with Crippen LogP contribution < -0.4 is 5.73 Å². The summed E-state index contributed by atoms with van der Waals surface area (Å²) in [6, 6.07) is 24.6. The Morgan fingerprint density at radius 1 is 0.839 bits per heavy atom. The monoisotopic (exact) mass is 414 g/mol. The molecular formula is C25H26N4O2. The van der Waals surface area contributed by atoms with E-state index in [-0.39, 0.29) is 19.0 Å². The molecule has 2 N–H and O–H groups in total. The zero-order valence-electron chi connectivity index (χ0n) is 17.8. The van der Waals surface area contributed by atoms with Crippen molar-refractivity contribution in [2.45, 2.75) is 32.6 Å². The van der Waals surface area contributed by atoms with Crippen LogP contribution in [0.25, 0.3) is 0 Å². The Kier molecular flexibility index (Phi) is 5.09. The number of hydrogen-bond acceptors (Lipinski definition) is 6. The second-order valence-electron chi connectivity index (χ2n) is 8.08. The molecule has 2 aromatic rings. The van der Waals surface area contributed by atoms with Crippen LogP contribution in [-0.2, 0) is 22.3 Å². The summed E-state index contributed by atoms with van der Waals surface area (Å²) in [7, 11) is 0. The topological polar surface area (TPSA) is 104 Å². The molecule has 0 bridgehead atoms. The molecule has 2 atom stereocenters. The number of fused-ring (bicyclic) bond motifs is 1. The van der Waals surface area contributed by atoms with E-state index < -0.39 is 22.2 Å². The summed E-state index contributed by atoms with van der Waals surface area (Å²) in [4.78, 5) is 4.50. The molecule has 6 heteroatoms. The molecule has 1 heterocycles. The van der Waals surface area contributed by atoms with Crippen LogP contribution in [0.2, 0.25) is 0 Å². The molecule has 1 aliphatic heterocycles. The largest absolute Gasteiger partial charge is 0.386 e. The van der Waals surface area contributed by atoms with E-state index in [9.17, 15) is 10.5 Å². The Hall–Kier alpha value is -3.19. The minimum absolute atomic E-state index is 0.116. The average Bonchev–Trinajstić information content (AvgIpc) is 3.21. The van der Waals surface area contributed by atoms with Crippen molar-refractivity contribution in [3.05, 3.63) is 71.8 Å². The SMILES string of the molecule is CCOC1(OCC)N=C(N)[C@]2(C#N)C(Cc3ccccc3)(Cc3ccccc3)[C@]12C#N. The maximum Gasteiger partial charge on any atom is 0.293 e. The van der Waals surface area contributed by atoms with Crippen LogP contribution in [-0.4, -0.2) is 25.0 Å². The lowest BCUT2D eigenvalue weighted by Crippen LogP contribution is -2.46. The van der Waals surface area contributed by atoms with E-state index >= 15 is 0 Å². The smallest absolute Gasteiger partial charge is 0.293 e. The van der Waals surface area contributed by atoms with E-state index in [0.717, 1.165) is 11.1 Å². The van der Waals surface area contributed by atoms with E-state index in [2.05, 4.69) is 17.1 Å². The molecule has 31 heavy (non-hydrogen) atoms. The van der Waals surface area contributed by atoms with Crippen molar-refractivity contribution in [1.82, 2.24) is 0 Å². The zero-order chi connectivity index (χ0) is 22.2. The van der Waals surface area contributed by atoms with Gasteiger partial charge >= 0.3 is 0 Å². The van der Waals surface area contributed by atoms with Crippen LogP contribution >= 0.6 is 0 Å². The molecule has 1 aliphatic carbocycles. The molecular weight excluding hydrogens is 388 g/mol. The van der Waals surface area contributed by atoms with Gasteiger partial charge in [0.05, 0.1) is 12.1 Å². The minimum Gasteiger partial charge on any atom is -0.386 e. The summed E-state index contributed by atoms with van der Waals surface area (Å²) < 4.78 is 12.1. The summed E-state index contributed by atoms with van der Waals surface area (Å²) in [5.41, 5.74) is 4.96. The fourth-order valence-corrected chi connectivity index (χ4v) is 5.70. The lowest BCUT2D eigenvalue weighted by atomic mass is 9.79. The Bertz CT molecular complexity index is 1020. The van der Waals surface area contributed by atoms with Crippen LogP contribution in [0.15, 0.2) is 65.7 Å². The van der Waals surface area contributed by atoms with Gasteiger partial charge < -0.3 is 15.2 Å². The number of nitrogens with zero attached hydrogens (tertiary/aromatic N) is 3. The standard InChI is InChI=1S/C25H26N4O2/c1-3-30-25(31-4-2)24(18-27)22(15-19-11-7-5-8-12-19,16-20-13-9-6-10-14-20)23(24,17-26)21(28)29-25/h5-14H,3-4,15-16H2,1-2H3,(H2,28,29)/t23-,24+/m1/s1. The van der Waals surface area contributed by atoms with Crippen molar-refractivity contribution >= 4 is 5.84 Å². The van der Waals surface area contributed by atoms with Crippen molar-refractivity contribution in [3.63, 3.8) is 0 Å². The number of rotatable bonds is 8. The van der Waals surface area contributed by atoms with Gasteiger partial charge in [0, 0.05) is 18.6 Å².